The van der Waals surface area contributed by atoms with Gasteiger partial charge in [0.15, 0.2) is 5.78 Å². The Morgan fingerprint density at radius 2 is 1.54 bits per heavy atom. The second-order valence-corrected chi connectivity index (χ2v) is 11.5. The van der Waals surface area contributed by atoms with Crippen molar-refractivity contribution in [2.75, 3.05) is 11.9 Å². The molecule has 0 amide bonds. The first-order chi connectivity index (χ1) is 17.5. The van der Waals surface area contributed by atoms with Crippen molar-refractivity contribution < 1.29 is 14.7 Å². The number of carbonyl (C=O) groups is 2. The van der Waals surface area contributed by atoms with Gasteiger partial charge in [0.25, 0.3) is 0 Å². The van der Waals surface area contributed by atoms with Crippen LogP contribution in [0.1, 0.15) is 89.1 Å². The maximum atomic E-state index is 13.3. The number of aryl methyl sites for hydroxylation is 1. The van der Waals surface area contributed by atoms with Gasteiger partial charge in [0.2, 0.25) is 0 Å². The highest BCUT2D eigenvalue weighted by molar-refractivity contribution is 6.07. The Morgan fingerprint density at radius 3 is 2.19 bits per heavy atom. The SMILES string of the molecule is Cc1ccc(CCNc2cc(C(=O)C=Cc3ccc(C(=O)O)cc3)cc3c2C(C)(C)CCC3(C)C)cc1. The van der Waals surface area contributed by atoms with Crippen LogP contribution in [-0.4, -0.2) is 23.4 Å². The third-order valence-corrected chi connectivity index (χ3v) is 7.64. The van der Waals surface area contributed by atoms with Crippen LogP contribution in [0, 0.1) is 6.92 Å². The van der Waals surface area contributed by atoms with Gasteiger partial charge >= 0.3 is 5.97 Å². The molecule has 0 aliphatic heterocycles. The first-order valence-electron chi connectivity index (χ1n) is 13.0. The number of allylic oxidation sites excluding steroid dienone is 1. The molecule has 192 valence electrons. The zero-order valence-electron chi connectivity index (χ0n) is 22.5. The first-order valence-corrected chi connectivity index (χ1v) is 13.0. The van der Waals surface area contributed by atoms with Crippen molar-refractivity contribution in [2.45, 2.75) is 64.7 Å². The smallest absolute Gasteiger partial charge is 0.335 e. The Kier molecular flexibility index (Phi) is 7.40. The van der Waals surface area contributed by atoms with Crippen molar-refractivity contribution in [3.63, 3.8) is 0 Å². The third kappa shape index (κ3) is 6.02. The lowest BCUT2D eigenvalue weighted by molar-refractivity contribution is 0.0696. The van der Waals surface area contributed by atoms with Crippen LogP contribution in [0.3, 0.4) is 0 Å². The van der Waals surface area contributed by atoms with Crippen LogP contribution in [0.15, 0.2) is 66.7 Å². The summed E-state index contributed by atoms with van der Waals surface area (Å²) in [4.78, 5) is 24.4. The standard InChI is InChI=1S/C33H37NO3/c1-22-6-8-24(9-7-22)16-19-34-28-21-26(20-27-30(28)33(4,5)18-17-32(27,2)3)29(35)15-12-23-10-13-25(14-11-23)31(36)37/h6-15,20-21,34H,16-19H2,1-5H3,(H,36,37). The molecule has 0 spiro atoms. The quantitative estimate of drug-likeness (QED) is 0.249. The predicted molar refractivity (Wildman–Crippen MR) is 152 cm³/mol. The van der Waals surface area contributed by atoms with Gasteiger partial charge in [0.1, 0.15) is 0 Å². The fourth-order valence-corrected chi connectivity index (χ4v) is 5.17. The van der Waals surface area contributed by atoms with Crippen LogP contribution < -0.4 is 5.32 Å². The summed E-state index contributed by atoms with van der Waals surface area (Å²) in [5.41, 5.74) is 7.82. The van der Waals surface area contributed by atoms with Gasteiger partial charge < -0.3 is 10.4 Å². The molecule has 3 aromatic carbocycles. The number of nitrogens with one attached hydrogen (secondary N) is 1. The Labute approximate surface area is 220 Å². The van der Waals surface area contributed by atoms with E-state index < -0.39 is 5.97 Å². The van der Waals surface area contributed by atoms with E-state index in [2.05, 4.69) is 70.3 Å². The number of anilines is 1. The highest BCUT2D eigenvalue weighted by Gasteiger charge is 2.39. The van der Waals surface area contributed by atoms with Crippen molar-refractivity contribution in [3.8, 4) is 0 Å². The summed E-state index contributed by atoms with van der Waals surface area (Å²) in [6.07, 6.45) is 6.39. The monoisotopic (exact) mass is 495 g/mol. The number of carbonyl (C=O) groups excluding carboxylic acids is 1. The van der Waals surface area contributed by atoms with Crippen LogP contribution in [0.4, 0.5) is 5.69 Å². The van der Waals surface area contributed by atoms with E-state index >= 15 is 0 Å². The molecular formula is C33H37NO3. The van der Waals surface area contributed by atoms with Crippen molar-refractivity contribution in [1.29, 1.82) is 0 Å². The van der Waals surface area contributed by atoms with Gasteiger partial charge in [-0.3, -0.25) is 4.79 Å². The third-order valence-electron chi connectivity index (χ3n) is 7.64. The maximum Gasteiger partial charge on any atom is 0.335 e. The summed E-state index contributed by atoms with van der Waals surface area (Å²) < 4.78 is 0. The average Bonchev–Trinajstić information content (AvgIpc) is 2.86. The number of rotatable bonds is 8. The molecule has 4 nitrogen and oxygen atoms in total. The molecule has 1 aliphatic rings. The van der Waals surface area contributed by atoms with Crippen molar-refractivity contribution in [1.82, 2.24) is 0 Å². The molecule has 0 atom stereocenters. The molecule has 4 heteroatoms. The van der Waals surface area contributed by atoms with Crippen LogP contribution >= 0.6 is 0 Å². The number of ketones is 1. The van der Waals surface area contributed by atoms with Crippen LogP contribution in [0.5, 0.6) is 0 Å². The normalized spacial score (nSPS) is 15.8. The van der Waals surface area contributed by atoms with Crippen LogP contribution in [-0.2, 0) is 17.3 Å². The number of carboxylic acids is 1. The summed E-state index contributed by atoms with van der Waals surface area (Å²) in [5, 5.41) is 12.8. The molecule has 0 aromatic heterocycles. The zero-order chi connectivity index (χ0) is 26.8. The zero-order valence-corrected chi connectivity index (χ0v) is 22.5. The first kappa shape index (κ1) is 26.4. The molecule has 0 unspecified atom stereocenters. The van der Waals surface area contributed by atoms with Crippen LogP contribution in [0.25, 0.3) is 6.08 Å². The largest absolute Gasteiger partial charge is 0.478 e. The second-order valence-electron chi connectivity index (χ2n) is 11.5. The average molecular weight is 496 g/mol. The Hall–Kier alpha value is -3.66. The minimum absolute atomic E-state index is 0.0142. The van der Waals surface area contributed by atoms with E-state index in [4.69, 9.17) is 5.11 Å². The summed E-state index contributed by atoms with van der Waals surface area (Å²) >= 11 is 0. The lowest BCUT2D eigenvalue weighted by atomic mass is 9.62. The lowest BCUT2D eigenvalue weighted by Gasteiger charge is -2.43. The number of aromatic carboxylic acids is 1. The van der Waals surface area contributed by atoms with E-state index in [0.717, 1.165) is 37.1 Å². The maximum absolute atomic E-state index is 13.3. The van der Waals surface area contributed by atoms with Gasteiger partial charge in [0, 0.05) is 17.8 Å². The number of hydrogen-bond donors (Lipinski definition) is 2. The minimum Gasteiger partial charge on any atom is -0.478 e. The molecule has 0 radical (unpaired) electrons. The molecular weight excluding hydrogens is 458 g/mol. The van der Waals surface area contributed by atoms with Gasteiger partial charge in [-0.15, -0.1) is 0 Å². The molecule has 4 rings (SSSR count). The summed E-state index contributed by atoms with van der Waals surface area (Å²) in [7, 11) is 0. The van der Waals surface area contributed by atoms with Gasteiger partial charge in [-0.25, -0.2) is 4.79 Å². The van der Waals surface area contributed by atoms with Crippen molar-refractivity contribution in [2.24, 2.45) is 0 Å². The number of benzene rings is 3. The number of carboxylic acid groups (broad SMARTS) is 1. The van der Waals surface area contributed by atoms with E-state index in [-0.39, 0.29) is 22.2 Å². The van der Waals surface area contributed by atoms with Gasteiger partial charge in [-0.2, -0.15) is 0 Å². The molecule has 0 saturated heterocycles. The Bertz CT molecular complexity index is 1330. The van der Waals surface area contributed by atoms with Gasteiger partial charge in [-0.1, -0.05) is 75.7 Å². The van der Waals surface area contributed by atoms with E-state index in [9.17, 15) is 9.59 Å². The fraction of sp³-hybridized carbons (Fsp3) is 0.333. The van der Waals surface area contributed by atoms with E-state index in [1.165, 1.54) is 22.3 Å². The molecule has 0 fully saturated rings. The molecule has 1 aliphatic carbocycles. The number of hydrogen-bond acceptors (Lipinski definition) is 3. The lowest BCUT2D eigenvalue weighted by Crippen LogP contribution is -2.35. The van der Waals surface area contributed by atoms with E-state index in [1.54, 1.807) is 36.4 Å². The van der Waals surface area contributed by atoms with Crippen molar-refractivity contribution >= 4 is 23.5 Å². The van der Waals surface area contributed by atoms with Crippen LogP contribution in [0.2, 0.25) is 0 Å². The Balaban J connectivity index is 1.64. The number of fused-ring (bicyclic) bond motifs is 1. The summed E-state index contributed by atoms with van der Waals surface area (Å²) in [6, 6.07) is 19.2. The highest BCUT2D eigenvalue weighted by Crippen LogP contribution is 2.49. The molecule has 2 N–H and O–H groups in total. The molecule has 0 bridgehead atoms. The predicted octanol–water partition coefficient (Wildman–Crippen LogP) is 7.59. The molecule has 3 aromatic rings. The van der Waals surface area contributed by atoms with E-state index in [0.29, 0.717) is 5.56 Å². The van der Waals surface area contributed by atoms with Gasteiger partial charge in [-0.05, 0) is 89.6 Å². The van der Waals surface area contributed by atoms with Crippen molar-refractivity contribution in [3.05, 3.63) is 106 Å². The Morgan fingerprint density at radius 1 is 0.892 bits per heavy atom. The minimum atomic E-state index is -0.964. The molecule has 0 heterocycles. The molecule has 37 heavy (non-hydrogen) atoms. The molecule has 0 saturated carbocycles. The summed E-state index contributed by atoms with van der Waals surface area (Å²) in [5.74, 6) is -1.03. The second kappa shape index (κ2) is 10.4. The summed E-state index contributed by atoms with van der Waals surface area (Å²) in [6.45, 7) is 12.0. The van der Waals surface area contributed by atoms with Gasteiger partial charge in [0.05, 0.1) is 5.56 Å². The fourth-order valence-electron chi connectivity index (χ4n) is 5.17. The highest BCUT2D eigenvalue weighted by atomic mass is 16.4. The van der Waals surface area contributed by atoms with E-state index in [1.807, 2.05) is 6.07 Å². The topological polar surface area (TPSA) is 66.4 Å².